The van der Waals surface area contributed by atoms with Gasteiger partial charge < -0.3 is 0 Å². The van der Waals surface area contributed by atoms with E-state index in [1.165, 1.54) is 23.7 Å². The number of hydrogen-bond acceptors (Lipinski definition) is 2. The molecule has 2 heteroatoms. The van der Waals surface area contributed by atoms with E-state index in [-0.39, 0.29) is 0 Å². The second-order valence-corrected chi connectivity index (χ2v) is 3.74. The summed E-state index contributed by atoms with van der Waals surface area (Å²) in [5.74, 6) is 6.33. The minimum Gasteiger partial charge on any atom is -0.161 e. The first-order valence-corrected chi connectivity index (χ1v) is 4.71. The van der Waals surface area contributed by atoms with Crippen molar-refractivity contribution in [2.24, 2.45) is 0 Å². The van der Waals surface area contributed by atoms with Crippen LogP contribution in [0.25, 0.3) is 0 Å². The Morgan fingerprint density at radius 2 is 2.14 bits per heavy atom. The second-order valence-electron chi connectivity index (χ2n) is 1.44. The Bertz CT molecular complexity index is 25.7. The fourth-order valence-corrected chi connectivity index (χ4v) is 2.45. The minimum atomic E-state index is 1.30. The van der Waals surface area contributed by atoms with E-state index in [0.717, 1.165) is 0 Å². The van der Waals surface area contributed by atoms with Crippen molar-refractivity contribution in [1.82, 2.24) is 0 Å². The maximum atomic E-state index is 2.32. The van der Waals surface area contributed by atoms with Crippen molar-refractivity contribution < 1.29 is 0 Å². The van der Waals surface area contributed by atoms with Crippen molar-refractivity contribution >= 4 is 23.5 Å². The molecule has 1 saturated heterocycles. The molecule has 0 unspecified atom stereocenters. The van der Waals surface area contributed by atoms with Crippen molar-refractivity contribution in [1.29, 1.82) is 0 Å². The summed E-state index contributed by atoms with van der Waals surface area (Å²) in [5, 5.41) is 0. The van der Waals surface area contributed by atoms with Crippen LogP contribution in [0.1, 0.15) is 6.42 Å². The zero-order chi connectivity index (χ0) is 4.95. The molecule has 0 nitrogen and oxygen atoms in total. The first-order valence-electron chi connectivity index (χ1n) is 2.51. The van der Waals surface area contributed by atoms with Crippen LogP contribution in [0.5, 0.6) is 0 Å². The van der Waals surface area contributed by atoms with Gasteiger partial charge in [-0.3, -0.25) is 0 Å². The maximum absolute atomic E-state index is 2.32. The molecule has 1 fully saturated rings. The molecule has 1 aliphatic rings. The molecule has 1 rings (SSSR count). The van der Waals surface area contributed by atoms with Gasteiger partial charge in [-0.25, -0.2) is 0 Å². The van der Waals surface area contributed by atoms with Crippen LogP contribution < -0.4 is 0 Å². The highest BCUT2D eigenvalue weighted by molar-refractivity contribution is 8.04. The summed E-state index contributed by atoms with van der Waals surface area (Å²) in [6.07, 6.45) is 1.30. The van der Waals surface area contributed by atoms with Crippen molar-refractivity contribution in [3.8, 4) is 0 Å². The molecule has 0 bridgehead atoms. The van der Waals surface area contributed by atoms with E-state index in [0.29, 0.717) is 0 Å². The molecule has 0 aromatic rings. The first kappa shape index (κ1) is 5.83. The first-order chi connectivity index (χ1) is 3.50. The zero-order valence-corrected chi connectivity index (χ0v) is 5.86. The topological polar surface area (TPSA) is 0 Å². The Balaban J connectivity index is 2.04. The Hall–Kier alpha value is 0.700. The molecule has 0 aromatic heterocycles. The van der Waals surface area contributed by atoms with Gasteiger partial charge in [-0.2, -0.15) is 23.5 Å². The predicted molar refractivity (Wildman–Crippen MR) is 38.7 cm³/mol. The average molecular weight is 133 g/mol. The number of thioether (sulfide) groups is 2. The summed E-state index contributed by atoms with van der Waals surface area (Å²) >= 11 is 4.03. The normalized spacial score (nSPS) is 24.0. The monoisotopic (exact) mass is 133 g/mol. The molecule has 1 aliphatic heterocycles. The quantitative estimate of drug-likeness (QED) is 0.496. The average Bonchev–Trinajstić information content (AvgIpc) is 1.90. The van der Waals surface area contributed by atoms with Gasteiger partial charge in [-0.05, 0) is 12.2 Å². The van der Waals surface area contributed by atoms with Crippen LogP contribution in [0.4, 0.5) is 0 Å². The summed E-state index contributed by atoms with van der Waals surface area (Å²) in [5.41, 5.74) is 0. The van der Waals surface area contributed by atoms with Crippen LogP contribution in [-0.2, 0) is 0 Å². The van der Waals surface area contributed by atoms with Gasteiger partial charge >= 0.3 is 0 Å². The van der Waals surface area contributed by atoms with E-state index in [9.17, 15) is 0 Å². The molecular formula is C5H9S2. The predicted octanol–water partition coefficient (Wildman–Crippen LogP) is 2.02. The van der Waals surface area contributed by atoms with E-state index in [2.05, 4.69) is 17.5 Å². The Morgan fingerprint density at radius 1 is 1.14 bits per heavy atom. The minimum absolute atomic E-state index is 1.30. The molecule has 0 atom stereocenters. The largest absolute Gasteiger partial charge is 0.161 e. The summed E-state index contributed by atoms with van der Waals surface area (Å²) in [6.45, 7) is 0. The van der Waals surface area contributed by atoms with Crippen LogP contribution in [-0.4, -0.2) is 17.3 Å². The van der Waals surface area contributed by atoms with Gasteiger partial charge in [-0.1, -0.05) is 0 Å². The molecule has 0 spiro atoms. The smallest absolute Gasteiger partial charge is 0.0174 e. The second kappa shape index (κ2) is 3.67. The van der Waals surface area contributed by atoms with Crippen LogP contribution >= 0.6 is 23.5 Å². The summed E-state index contributed by atoms with van der Waals surface area (Å²) < 4.78 is 0. The lowest BCUT2D eigenvalue weighted by molar-refractivity contribution is 1.23. The molecule has 0 amide bonds. The number of rotatable bonds is 0. The Labute approximate surface area is 53.4 Å². The molecule has 1 heterocycles. The molecule has 0 aliphatic carbocycles. The van der Waals surface area contributed by atoms with Crippen LogP contribution in [0.15, 0.2) is 0 Å². The van der Waals surface area contributed by atoms with Crippen molar-refractivity contribution in [2.45, 2.75) is 6.42 Å². The van der Waals surface area contributed by atoms with Gasteiger partial charge in [0.05, 0.1) is 0 Å². The fourth-order valence-electron chi connectivity index (χ4n) is 0.507. The molecule has 0 saturated carbocycles. The molecule has 7 heavy (non-hydrogen) atoms. The van der Waals surface area contributed by atoms with Gasteiger partial charge in [0.15, 0.2) is 0 Å². The third-order valence-corrected chi connectivity index (χ3v) is 3.03. The van der Waals surface area contributed by atoms with Crippen LogP contribution in [0, 0.1) is 5.75 Å². The third-order valence-electron chi connectivity index (χ3n) is 0.843. The van der Waals surface area contributed by atoms with Gasteiger partial charge in [0.1, 0.15) is 0 Å². The molecular weight excluding hydrogens is 124 g/mol. The van der Waals surface area contributed by atoms with Crippen molar-refractivity contribution in [3.05, 3.63) is 5.75 Å². The van der Waals surface area contributed by atoms with Gasteiger partial charge in [0.2, 0.25) is 0 Å². The standard InChI is InChI=1S/C5H9S2/c1-2-6-4-5-7-3-1/h2H,1,3-5H2. The zero-order valence-electron chi connectivity index (χ0n) is 4.22. The van der Waals surface area contributed by atoms with E-state index in [4.69, 9.17) is 0 Å². The third kappa shape index (κ3) is 2.50. The number of hydrogen-bond donors (Lipinski definition) is 0. The van der Waals surface area contributed by atoms with E-state index >= 15 is 0 Å². The highest BCUT2D eigenvalue weighted by Gasteiger charge is 1.96. The highest BCUT2D eigenvalue weighted by atomic mass is 32.2. The lowest BCUT2D eigenvalue weighted by Crippen LogP contribution is -1.76. The van der Waals surface area contributed by atoms with Crippen LogP contribution in [0.2, 0.25) is 0 Å². The Morgan fingerprint density at radius 3 is 3.14 bits per heavy atom. The van der Waals surface area contributed by atoms with Crippen LogP contribution in [0.3, 0.4) is 0 Å². The molecule has 0 N–H and O–H groups in total. The van der Waals surface area contributed by atoms with Crippen molar-refractivity contribution in [3.63, 3.8) is 0 Å². The molecule has 1 radical (unpaired) electrons. The molecule has 41 valence electrons. The summed E-state index contributed by atoms with van der Waals surface area (Å²) in [4.78, 5) is 0. The molecule has 0 aromatic carbocycles. The van der Waals surface area contributed by atoms with Gasteiger partial charge in [0, 0.05) is 17.3 Å². The Kier molecular flexibility index (Phi) is 3.06. The fraction of sp³-hybridized carbons (Fsp3) is 0.800. The van der Waals surface area contributed by atoms with Gasteiger partial charge in [-0.15, -0.1) is 0 Å². The van der Waals surface area contributed by atoms with E-state index < -0.39 is 0 Å². The SMILES string of the molecule is [CH]1CCSCCS1. The van der Waals surface area contributed by atoms with E-state index in [1.807, 2.05) is 11.8 Å². The highest BCUT2D eigenvalue weighted by Crippen LogP contribution is 2.18. The summed E-state index contributed by atoms with van der Waals surface area (Å²) in [6, 6.07) is 0. The lowest BCUT2D eigenvalue weighted by atomic mass is 10.6. The van der Waals surface area contributed by atoms with Crippen molar-refractivity contribution in [2.75, 3.05) is 17.3 Å². The lowest BCUT2D eigenvalue weighted by Gasteiger charge is -1.86. The van der Waals surface area contributed by atoms with E-state index in [1.54, 1.807) is 0 Å². The maximum Gasteiger partial charge on any atom is 0.0174 e. The van der Waals surface area contributed by atoms with Gasteiger partial charge in [0.25, 0.3) is 0 Å². The summed E-state index contributed by atoms with van der Waals surface area (Å²) in [7, 11) is 0.